The van der Waals surface area contributed by atoms with Gasteiger partial charge < -0.3 is 24.8 Å². The molecule has 0 amide bonds. The fraction of sp³-hybridized carbons (Fsp3) is 0. The maximum absolute atomic E-state index is 5.58. The molecule has 0 heterocycles. The minimum Gasteiger partial charge on any atom is -1.00 e. The fourth-order valence-corrected chi connectivity index (χ4v) is 0.711. The zero-order valence-electron chi connectivity index (χ0n) is 5.12. The first-order chi connectivity index (χ1) is 3.80. The van der Waals surface area contributed by atoms with Crippen molar-refractivity contribution in [3.05, 3.63) is 34.3 Å². The Morgan fingerprint density at radius 3 is 1.27 bits per heavy atom. The van der Waals surface area contributed by atoms with E-state index in [4.69, 9.17) is 23.2 Å². The number of halogens is 4. The summed E-state index contributed by atoms with van der Waals surface area (Å²) in [6.07, 6.45) is 0. The van der Waals surface area contributed by atoms with Crippen LogP contribution in [-0.2, 0) is 17.1 Å². The van der Waals surface area contributed by atoms with Gasteiger partial charge in [-0.3, -0.25) is 0 Å². The van der Waals surface area contributed by atoms with Crippen molar-refractivity contribution >= 4 is 23.2 Å². The smallest absolute Gasteiger partial charge is 1.00 e. The molecule has 0 N–H and O–H groups in total. The average molecular weight is 281 g/mol. The van der Waals surface area contributed by atoms with E-state index in [1.165, 1.54) is 0 Å². The maximum atomic E-state index is 5.58. The third kappa shape index (κ3) is 6.10. The first-order valence-electron chi connectivity index (χ1n) is 2.21. The van der Waals surface area contributed by atoms with Crippen molar-refractivity contribution < 1.29 is 41.9 Å². The van der Waals surface area contributed by atoms with Crippen molar-refractivity contribution in [2.45, 2.75) is 0 Å². The molecular weight excluding hydrogens is 277 g/mol. The third-order valence-electron chi connectivity index (χ3n) is 0.824. The van der Waals surface area contributed by atoms with Gasteiger partial charge in [0.15, 0.2) is 0 Å². The van der Waals surface area contributed by atoms with Gasteiger partial charge in [0.05, 0.1) is 10.0 Å². The molecule has 5 heteroatoms. The monoisotopic (exact) mass is 279 g/mol. The molecule has 1 aromatic rings. The molecule has 67 valence electrons. The van der Waals surface area contributed by atoms with Crippen LogP contribution >= 0.6 is 23.2 Å². The van der Waals surface area contributed by atoms with Crippen molar-refractivity contribution in [1.29, 1.82) is 0 Å². The summed E-state index contributed by atoms with van der Waals surface area (Å²) in [5, 5.41) is 1.21. The van der Waals surface area contributed by atoms with E-state index in [-0.39, 0.29) is 41.9 Å². The van der Waals surface area contributed by atoms with E-state index < -0.39 is 0 Å². The molecule has 1 rings (SSSR count). The zero-order valence-corrected chi connectivity index (χ0v) is 9.09. The molecule has 0 unspecified atom stereocenters. The van der Waals surface area contributed by atoms with Gasteiger partial charge in [0.25, 0.3) is 0 Å². The minimum absolute atomic E-state index is 0. The van der Waals surface area contributed by atoms with E-state index in [0.29, 0.717) is 10.0 Å². The molecule has 11 heavy (non-hydrogen) atoms. The van der Waals surface area contributed by atoms with Crippen LogP contribution in [-0.4, -0.2) is 0 Å². The van der Waals surface area contributed by atoms with E-state index >= 15 is 0 Å². The molecule has 0 aliphatic rings. The normalized spacial score (nSPS) is 6.73. The quantitative estimate of drug-likeness (QED) is 0.445. The molecular formula is C6H4Cl4Cu. The SMILES string of the molecule is Clc1ccccc1Cl.[Cl-].[Cl-].[Cu+2]. The summed E-state index contributed by atoms with van der Waals surface area (Å²) < 4.78 is 0. The van der Waals surface area contributed by atoms with Gasteiger partial charge in [-0.2, -0.15) is 0 Å². The molecule has 0 nitrogen and oxygen atoms in total. The van der Waals surface area contributed by atoms with Crippen LogP contribution in [0, 0.1) is 0 Å². The molecule has 1 aromatic carbocycles. The van der Waals surface area contributed by atoms with E-state index in [9.17, 15) is 0 Å². The number of rotatable bonds is 0. The molecule has 0 aliphatic carbocycles. The zero-order chi connectivity index (χ0) is 5.98. The fourth-order valence-electron chi connectivity index (χ4n) is 0.439. The minimum atomic E-state index is 0. The molecule has 0 bridgehead atoms. The van der Waals surface area contributed by atoms with Crippen molar-refractivity contribution in [2.75, 3.05) is 0 Å². The molecule has 0 aliphatic heterocycles. The predicted octanol–water partition coefficient (Wildman–Crippen LogP) is -3.00. The second-order valence-electron chi connectivity index (χ2n) is 1.41. The van der Waals surface area contributed by atoms with Crippen molar-refractivity contribution in [3.8, 4) is 0 Å². The Balaban J connectivity index is -0.000000213. The Morgan fingerprint density at radius 2 is 1.09 bits per heavy atom. The van der Waals surface area contributed by atoms with E-state index in [2.05, 4.69) is 0 Å². The van der Waals surface area contributed by atoms with E-state index in [1.807, 2.05) is 12.1 Å². The Labute approximate surface area is 98.9 Å². The van der Waals surface area contributed by atoms with Gasteiger partial charge in [-0.05, 0) is 12.1 Å². The number of benzene rings is 1. The molecule has 0 aromatic heterocycles. The second-order valence-corrected chi connectivity index (χ2v) is 2.23. The molecule has 0 saturated carbocycles. The van der Waals surface area contributed by atoms with Gasteiger partial charge in [-0.25, -0.2) is 0 Å². The predicted molar refractivity (Wildman–Crippen MR) is 36.5 cm³/mol. The third-order valence-corrected chi connectivity index (χ3v) is 1.58. The Morgan fingerprint density at radius 1 is 0.818 bits per heavy atom. The number of hydrogen-bond acceptors (Lipinski definition) is 0. The van der Waals surface area contributed by atoms with Crippen LogP contribution in [0.25, 0.3) is 0 Å². The van der Waals surface area contributed by atoms with Crippen LogP contribution in [0.5, 0.6) is 0 Å². The first kappa shape index (κ1) is 17.8. The Hall–Kier alpha value is 0.899. The van der Waals surface area contributed by atoms with Gasteiger partial charge in [-0.1, -0.05) is 35.3 Å². The van der Waals surface area contributed by atoms with Gasteiger partial charge in [-0.15, -0.1) is 0 Å². The molecule has 0 saturated heterocycles. The van der Waals surface area contributed by atoms with Crippen LogP contribution in [0.1, 0.15) is 0 Å². The Kier molecular flexibility index (Phi) is 14.6. The van der Waals surface area contributed by atoms with Crippen LogP contribution in [0.4, 0.5) is 0 Å². The molecule has 1 radical (unpaired) electrons. The van der Waals surface area contributed by atoms with Crippen molar-refractivity contribution in [2.24, 2.45) is 0 Å². The van der Waals surface area contributed by atoms with Gasteiger partial charge in [0.1, 0.15) is 0 Å². The number of hydrogen-bond donors (Lipinski definition) is 0. The van der Waals surface area contributed by atoms with Crippen LogP contribution in [0.3, 0.4) is 0 Å². The summed E-state index contributed by atoms with van der Waals surface area (Å²) in [5.74, 6) is 0. The summed E-state index contributed by atoms with van der Waals surface area (Å²) in [5.41, 5.74) is 0. The molecule has 0 fully saturated rings. The van der Waals surface area contributed by atoms with Crippen LogP contribution in [0.15, 0.2) is 24.3 Å². The summed E-state index contributed by atoms with van der Waals surface area (Å²) in [4.78, 5) is 0. The summed E-state index contributed by atoms with van der Waals surface area (Å²) in [7, 11) is 0. The van der Waals surface area contributed by atoms with Gasteiger partial charge in [0, 0.05) is 0 Å². The molecule has 0 spiro atoms. The maximum Gasteiger partial charge on any atom is 2.00 e. The van der Waals surface area contributed by atoms with Crippen LogP contribution in [0.2, 0.25) is 10.0 Å². The van der Waals surface area contributed by atoms with Gasteiger partial charge >= 0.3 is 17.1 Å². The summed E-state index contributed by atoms with van der Waals surface area (Å²) in [6.45, 7) is 0. The van der Waals surface area contributed by atoms with Crippen molar-refractivity contribution in [3.63, 3.8) is 0 Å². The largest absolute Gasteiger partial charge is 2.00 e. The topological polar surface area (TPSA) is 0 Å². The standard InChI is InChI=1S/C6H4Cl2.2ClH.Cu/c7-5-3-1-2-4-6(5)8;;;/h1-4H;2*1H;/q;;;+2/p-2. The van der Waals surface area contributed by atoms with E-state index in [1.54, 1.807) is 12.1 Å². The van der Waals surface area contributed by atoms with Gasteiger partial charge in [0.2, 0.25) is 0 Å². The average Bonchev–Trinajstić information content (AvgIpc) is 1.77. The second kappa shape index (κ2) is 8.99. The summed E-state index contributed by atoms with van der Waals surface area (Å²) >= 11 is 11.2. The molecule has 0 atom stereocenters. The first-order valence-corrected chi connectivity index (χ1v) is 2.96. The van der Waals surface area contributed by atoms with Crippen molar-refractivity contribution in [1.82, 2.24) is 0 Å². The summed E-state index contributed by atoms with van der Waals surface area (Å²) in [6, 6.07) is 7.19. The van der Waals surface area contributed by atoms with E-state index in [0.717, 1.165) is 0 Å². The van der Waals surface area contributed by atoms with Crippen LogP contribution < -0.4 is 24.8 Å². The Bertz CT molecular complexity index is 171.